The summed E-state index contributed by atoms with van der Waals surface area (Å²) in [5, 5.41) is 7.70. The molecule has 0 bridgehead atoms. The number of benzene rings is 3. The van der Waals surface area contributed by atoms with Gasteiger partial charge in [-0.3, -0.25) is 4.79 Å². The van der Waals surface area contributed by atoms with Gasteiger partial charge in [-0.2, -0.15) is 5.10 Å². The third kappa shape index (κ3) is 6.48. The summed E-state index contributed by atoms with van der Waals surface area (Å²) in [6, 6.07) is 23.4. The number of fused-ring (bicyclic) bond motifs is 1. The Balaban J connectivity index is 1.44. The maximum Gasteiger partial charge on any atom is 0.408 e. The van der Waals surface area contributed by atoms with Crippen molar-refractivity contribution in [1.29, 1.82) is 0 Å². The van der Waals surface area contributed by atoms with Gasteiger partial charge in [-0.15, -0.1) is 0 Å². The van der Waals surface area contributed by atoms with Gasteiger partial charge in [0, 0.05) is 23.5 Å². The second kappa shape index (κ2) is 11.5. The molecule has 3 N–H and O–H groups in total. The van der Waals surface area contributed by atoms with Crippen molar-refractivity contribution < 1.29 is 19.1 Å². The van der Waals surface area contributed by atoms with Gasteiger partial charge >= 0.3 is 6.09 Å². The predicted octanol–water partition coefficient (Wildman–Crippen LogP) is 4.16. The smallest absolute Gasteiger partial charge is 0.408 e. The molecule has 0 aliphatic heterocycles. The first-order valence-electron chi connectivity index (χ1n) is 11.1. The van der Waals surface area contributed by atoms with E-state index in [-0.39, 0.29) is 13.0 Å². The van der Waals surface area contributed by atoms with Crippen LogP contribution in [-0.4, -0.2) is 36.4 Å². The van der Waals surface area contributed by atoms with Gasteiger partial charge in [0.15, 0.2) is 0 Å². The number of nitrogens with one attached hydrogen (secondary N) is 3. The molecule has 0 saturated heterocycles. The Morgan fingerprint density at radius 2 is 1.74 bits per heavy atom. The molecule has 4 aromatic rings. The molecule has 1 atom stereocenters. The highest BCUT2D eigenvalue weighted by molar-refractivity contribution is 5.89. The zero-order chi connectivity index (χ0) is 24.5. The van der Waals surface area contributed by atoms with E-state index in [0.29, 0.717) is 0 Å². The van der Waals surface area contributed by atoms with E-state index in [1.54, 1.807) is 19.2 Å². The maximum absolute atomic E-state index is 13.0. The number of aromatic nitrogens is 1. The summed E-state index contributed by atoms with van der Waals surface area (Å²) < 4.78 is 10.5. The van der Waals surface area contributed by atoms with Crippen LogP contribution >= 0.6 is 0 Å². The number of rotatable bonds is 9. The molecular weight excluding hydrogens is 444 g/mol. The number of hydrogen-bond donors (Lipinski definition) is 3. The Kier molecular flexibility index (Phi) is 7.75. The summed E-state index contributed by atoms with van der Waals surface area (Å²) in [4.78, 5) is 28.7. The largest absolute Gasteiger partial charge is 0.497 e. The lowest BCUT2D eigenvalue weighted by atomic mass is 10.0. The zero-order valence-electron chi connectivity index (χ0n) is 19.2. The van der Waals surface area contributed by atoms with Gasteiger partial charge in [-0.25, -0.2) is 10.2 Å². The summed E-state index contributed by atoms with van der Waals surface area (Å²) in [6.45, 7) is 0.101. The van der Waals surface area contributed by atoms with Crippen LogP contribution in [0.25, 0.3) is 10.9 Å². The summed E-state index contributed by atoms with van der Waals surface area (Å²) >= 11 is 0. The molecular formula is C27H26N4O4. The van der Waals surface area contributed by atoms with Crippen LogP contribution in [0.15, 0.2) is 90.2 Å². The van der Waals surface area contributed by atoms with Gasteiger partial charge in [0.25, 0.3) is 5.91 Å². The maximum atomic E-state index is 13.0. The van der Waals surface area contributed by atoms with E-state index in [0.717, 1.165) is 33.3 Å². The molecule has 1 aromatic heterocycles. The van der Waals surface area contributed by atoms with Crippen LogP contribution in [0.3, 0.4) is 0 Å². The highest BCUT2D eigenvalue weighted by Gasteiger charge is 2.23. The van der Waals surface area contributed by atoms with Crippen molar-refractivity contribution >= 4 is 29.1 Å². The van der Waals surface area contributed by atoms with E-state index in [1.165, 1.54) is 6.21 Å². The fraction of sp³-hybridized carbons (Fsp3) is 0.148. The number of hydrazone groups is 1. The number of methoxy groups -OCH3 is 1. The number of amides is 2. The van der Waals surface area contributed by atoms with E-state index in [1.807, 2.05) is 72.9 Å². The third-order valence-electron chi connectivity index (χ3n) is 5.42. The average molecular weight is 471 g/mol. The van der Waals surface area contributed by atoms with Gasteiger partial charge in [0.1, 0.15) is 18.4 Å². The van der Waals surface area contributed by atoms with E-state index in [2.05, 4.69) is 20.8 Å². The number of ether oxygens (including phenoxy) is 2. The van der Waals surface area contributed by atoms with Crippen LogP contribution < -0.4 is 15.5 Å². The van der Waals surface area contributed by atoms with Gasteiger partial charge in [0.05, 0.1) is 13.3 Å². The molecule has 1 heterocycles. The van der Waals surface area contributed by atoms with Crippen LogP contribution in [-0.2, 0) is 22.6 Å². The van der Waals surface area contributed by atoms with Crippen LogP contribution in [0.5, 0.6) is 5.75 Å². The molecule has 3 aromatic carbocycles. The molecule has 8 nitrogen and oxygen atoms in total. The van der Waals surface area contributed by atoms with Crippen molar-refractivity contribution in [3.63, 3.8) is 0 Å². The molecule has 2 amide bonds. The highest BCUT2D eigenvalue weighted by Crippen LogP contribution is 2.19. The number of carbonyl (C=O) groups is 2. The van der Waals surface area contributed by atoms with Crippen LogP contribution in [0.4, 0.5) is 4.79 Å². The Morgan fingerprint density at radius 1 is 1.00 bits per heavy atom. The van der Waals surface area contributed by atoms with Crippen molar-refractivity contribution in [3.05, 3.63) is 102 Å². The second-order valence-corrected chi connectivity index (χ2v) is 7.83. The van der Waals surface area contributed by atoms with Crippen LogP contribution in [0.1, 0.15) is 16.7 Å². The average Bonchev–Trinajstić information content (AvgIpc) is 3.31. The van der Waals surface area contributed by atoms with Crippen molar-refractivity contribution in [3.8, 4) is 5.75 Å². The van der Waals surface area contributed by atoms with E-state index in [9.17, 15) is 9.59 Å². The molecule has 0 aliphatic carbocycles. The first kappa shape index (κ1) is 23.6. The molecule has 0 saturated carbocycles. The SMILES string of the molecule is COc1ccc(/C=N\NC(=O)[C@@H](Cc2c[nH]c3ccccc23)NC(=O)OCc2ccccc2)cc1. The van der Waals surface area contributed by atoms with Crippen molar-refractivity contribution in [1.82, 2.24) is 15.7 Å². The lowest BCUT2D eigenvalue weighted by Crippen LogP contribution is -2.47. The van der Waals surface area contributed by atoms with E-state index >= 15 is 0 Å². The first-order chi connectivity index (χ1) is 17.1. The number of carbonyl (C=O) groups excluding carboxylic acids is 2. The Labute approximate surface area is 203 Å². The number of hydrogen-bond acceptors (Lipinski definition) is 5. The zero-order valence-corrected chi connectivity index (χ0v) is 19.2. The topological polar surface area (TPSA) is 105 Å². The lowest BCUT2D eigenvalue weighted by Gasteiger charge is -2.17. The standard InChI is InChI=1S/C27H26N4O4/c1-34-22-13-11-19(12-14-22)16-29-31-26(32)25(15-21-17-28-24-10-6-5-9-23(21)24)30-27(33)35-18-20-7-3-2-4-8-20/h2-14,16-17,25,28H,15,18H2,1H3,(H,30,33)(H,31,32)/b29-16-/t25-/m1/s1. The highest BCUT2D eigenvalue weighted by atomic mass is 16.5. The normalized spacial score (nSPS) is 11.8. The van der Waals surface area contributed by atoms with Gasteiger partial charge < -0.3 is 19.8 Å². The minimum atomic E-state index is -0.898. The Bertz CT molecular complexity index is 1300. The number of alkyl carbamates (subject to hydrolysis) is 1. The van der Waals surface area contributed by atoms with Crippen molar-refractivity contribution in [2.75, 3.05) is 7.11 Å². The van der Waals surface area contributed by atoms with Crippen LogP contribution in [0, 0.1) is 0 Å². The summed E-state index contributed by atoms with van der Waals surface area (Å²) in [7, 11) is 1.59. The number of H-pyrrole nitrogens is 1. The third-order valence-corrected chi connectivity index (χ3v) is 5.42. The minimum Gasteiger partial charge on any atom is -0.497 e. The van der Waals surface area contributed by atoms with Gasteiger partial charge in [-0.1, -0.05) is 48.5 Å². The van der Waals surface area contributed by atoms with Crippen molar-refractivity contribution in [2.45, 2.75) is 19.1 Å². The fourth-order valence-corrected chi connectivity index (χ4v) is 3.58. The minimum absolute atomic E-state index is 0.101. The lowest BCUT2D eigenvalue weighted by molar-refractivity contribution is -0.123. The Morgan fingerprint density at radius 3 is 2.51 bits per heavy atom. The fourth-order valence-electron chi connectivity index (χ4n) is 3.58. The van der Waals surface area contributed by atoms with Gasteiger partial charge in [-0.05, 0) is 47.0 Å². The molecule has 35 heavy (non-hydrogen) atoms. The Hall–Kier alpha value is -4.59. The molecule has 8 heteroatoms. The number of para-hydroxylation sites is 1. The monoisotopic (exact) mass is 470 g/mol. The van der Waals surface area contributed by atoms with Gasteiger partial charge in [0.2, 0.25) is 0 Å². The summed E-state index contributed by atoms with van der Waals surface area (Å²) in [5.74, 6) is 0.264. The summed E-state index contributed by atoms with van der Waals surface area (Å²) in [6.07, 6.45) is 2.93. The van der Waals surface area contributed by atoms with Crippen molar-refractivity contribution in [2.24, 2.45) is 5.10 Å². The molecule has 0 unspecified atom stereocenters. The molecule has 0 radical (unpaired) electrons. The first-order valence-corrected chi connectivity index (χ1v) is 11.1. The number of nitrogens with zero attached hydrogens (tertiary/aromatic N) is 1. The molecule has 0 fully saturated rings. The number of aromatic amines is 1. The molecule has 178 valence electrons. The predicted molar refractivity (Wildman–Crippen MR) is 134 cm³/mol. The van der Waals surface area contributed by atoms with E-state index in [4.69, 9.17) is 9.47 Å². The molecule has 0 aliphatic rings. The quantitative estimate of drug-likeness (QED) is 0.252. The van der Waals surface area contributed by atoms with Crippen LogP contribution in [0.2, 0.25) is 0 Å². The second-order valence-electron chi connectivity index (χ2n) is 7.83. The summed E-state index contributed by atoms with van der Waals surface area (Å²) in [5.41, 5.74) is 6.00. The van der Waals surface area contributed by atoms with E-state index < -0.39 is 18.0 Å². The molecule has 0 spiro atoms. The molecule has 4 rings (SSSR count).